The molecule has 120 valence electrons. The summed E-state index contributed by atoms with van der Waals surface area (Å²) in [6.45, 7) is 6.84. The molecule has 0 atom stereocenters. The molecule has 0 saturated carbocycles. The van der Waals surface area contributed by atoms with Crippen LogP contribution in [-0.4, -0.2) is 47.4 Å². The van der Waals surface area contributed by atoms with Gasteiger partial charge in [-0.3, -0.25) is 4.68 Å². The summed E-state index contributed by atoms with van der Waals surface area (Å²) in [6.07, 6.45) is 4.66. The smallest absolute Gasteiger partial charge is 0.213 e. The van der Waals surface area contributed by atoms with Crippen molar-refractivity contribution in [1.29, 1.82) is 0 Å². The molecule has 2 rings (SSSR count). The van der Waals surface area contributed by atoms with Gasteiger partial charge >= 0.3 is 0 Å². The molecule has 7 heteroatoms. The zero-order valence-electron chi connectivity index (χ0n) is 13.0. The van der Waals surface area contributed by atoms with Gasteiger partial charge in [0.1, 0.15) is 0 Å². The van der Waals surface area contributed by atoms with E-state index >= 15 is 0 Å². The topological polar surface area (TPSA) is 67.2 Å². The van der Waals surface area contributed by atoms with Gasteiger partial charge in [-0.25, -0.2) is 12.7 Å². The SMILES string of the molecule is CCCn1nccc1CNC1CCN(S(=O)(=O)CC)CC1. The molecule has 0 spiro atoms. The van der Waals surface area contributed by atoms with Crippen LogP contribution in [0.25, 0.3) is 0 Å². The second-order valence-electron chi connectivity index (χ2n) is 5.50. The van der Waals surface area contributed by atoms with Crippen molar-refractivity contribution >= 4 is 10.0 Å². The molecule has 1 aromatic rings. The minimum atomic E-state index is -3.03. The maximum Gasteiger partial charge on any atom is 0.213 e. The lowest BCUT2D eigenvalue weighted by Gasteiger charge is -2.31. The predicted molar refractivity (Wildman–Crippen MR) is 83.4 cm³/mol. The van der Waals surface area contributed by atoms with Crippen molar-refractivity contribution in [3.05, 3.63) is 18.0 Å². The first-order chi connectivity index (χ1) is 10.1. The summed E-state index contributed by atoms with van der Waals surface area (Å²) in [4.78, 5) is 0. The first-order valence-corrected chi connectivity index (χ1v) is 9.39. The normalized spacial score (nSPS) is 18.2. The van der Waals surface area contributed by atoms with Gasteiger partial charge in [0.05, 0.1) is 11.4 Å². The summed E-state index contributed by atoms with van der Waals surface area (Å²) in [5, 5.41) is 7.84. The Hall–Kier alpha value is -0.920. The molecule has 1 aliphatic heterocycles. The summed E-state index contributed by atoms with van der Waals surface area (Å²) in [6, 6.07) is 2.43. The Morgan fingerprint density at radius 1 is 1.33 bits per heavy atom. The van der Waals surface area contributed by atoms with Crippen LogP contribution in [0, 0.1) is 0 Å². The van der Waals surface area contributed by atoms with Crippen LogP contribution in [0.4, 0.5) is 0 Å². The monoisotopic (exact) mass is 314 g/mol. The summed E-state index contributed by atoms with van der Waals surface area (Å²) < 4.78 is 27.3. The third-order valence-electron chi connectivity index (χ3n) is 4.02. The molecular formula is C14H26N4O2S. The molecule has 21 heavy (non-hydrogen) atoms. The quantitative estimate of drug-likeness (QED) is 0.821. The van der Waals surface area contributed by atoms with E-state index in [0.29, 0.717) is 19.1 Å². The van der Waals surface area contributed by atoms with Crippen molar-refractivity contribution in [1.82, 2.24) is 19.4 Å². The highest BCUT2D eigenvalue weighted by Gasteiger charge is 2.26. The molecule has 1 aliphatic rings. The number of nitrogens with one attached hydrogen (secondary N) is 1. The van der Waals surface area contributed by atoms with Crippen LogP contribution in [0.3, 0.4) is 0 Å². The van der Waals surface area contributed by atoms with Crippen LogP contribution in [0.15, 0.2) is 12.3 Å². The molecule has 1 aromatic heterocycles. The van der Waals surface area contributed by atoms with Gasteiger partial charge in [-0.2, -0.15) is 5.10 Å². The van der Waals surface area contributed by atoms with Crippen LogP contribution in [0.1, 0.15) is 38.8 Å². The first-order valence-electron chi connectivity index (χ1n) is 7.78. The number of hydrogen-bond donors (Lipinski definition) is 1. The lowest BCUT2D eigenvalue weighted by Crippen LogP contribution is -2.45. The van der Waals surface area contributed by atoms with Crippen molar-refractivity contribution in [3.63, 3.8) is 0 Å². The standard InChI is InChI=1S/C14H26N4O2S/c1-3-9-18-14(5-8-16-18)12-15-13-6-10-17(11-7-13)21(19,20)4-2/h5,8,13,15H,3-4,6-7,9-12H2,1-2H3. The van der Waals surface area contributed by atoms with E-state index < -0.39 is 10.0 Å². The van der Waals surface area contributed by atoms with Crippen LogP contribution in [0.2, 0.25) is 0 Å². The molecule has 1 saturated heterocycles. The number of piperidine rings is 1. The highest BCUT2D eigenvalue weighted by molar-refractivity contribution is 7.89. The van der Waals surface area contributed by atoms with E-state index in [0.717, 1.165) is 32.4 Å². The van der Waals surface area contributed by atoms with Crippen molar-refractivity contribution in [2.24, 2.45) is 0 Å². The molecule has 1 fully saturated rings. The number of sulfonamides is 1. The average molecular weight is 314 g/mol. The zero-order valence-corrected chi connectivity index (χ0v) is 13.8. The summed E-state index contributed by atoms with van der Waals surface area (Å²) in [5.74, 6) is 0.196. The van der Waals surface area contributed by atoms with Gasteiger partial charge in [-0.15, -0.1) is 0 Å². The molecular weight excluding hydrogens is 288 g/mol. The summed E-state index contributed by atoms with van der Waals surface area (Å²) in [5.41, 5.74) is 1.19. The molecule has 0 radical (unpaired) electrons. The van der Waals surface area contributed by atoms with Gasteiger partial charge in [-0.1, -0.05) is 6.92 Å². The minimum Gasteiger partial charge on any atom is -0.308 e. The van der Waals surface area contributed by atoms with E-state index in [1.54, 1.807) is 11.2 Å². The summed E-state index contributed by atoms with van der Waals surface area (Å²) >= 11 is 0. The average Bonchev–Trinajstić information content (AvgIpc) is 2.93. The van der Waals surface area contributed by atoms with Gasteiger partial charge in [-0.05, 0) is 32.3 Å². The third-order valence-corrected chi connectivity index (χ3v) is 5.91. The lowest BCUT2D eigenvalue weighted by atomic mass is 10.1. The Morgan fingerprint density at radius 3 is 2.67 bits per heavy atom. The van der Waals surface area contributed by atoms with Crippen molar-refractivity contribution in [2.75, 3.05) is 18.8 Å². The number of rotatable bonds is 7. The third kappa shape index (κ3) is 4.28. The molecule has 0 aromatic carbocycles. The van der Waals surface area contributed by atoms with Gasteiger partial charge in [0.25, 0.3) is 0 Å². The second-order valence-corrected chi connectivity index (χ2v) is 7.76. The highest BCUT2D eigenvalue weighted by Crippen LogP contribution is 2.15. The van der Waals surface area contributed by atoms with E-state index in [2.05, 4.69) is 17.3 Å². The maximum atomic E-state index is 11.8. The fourth-order valence-electron chi connectivity index (χ4n) is 2.69. The molecule has 1 N–H and O–H groups in total. The molecule has 0 bridgehead atoms. The Morgan fingerprint density at radius 2 is 2.05 bits per heavy atom. The van der Waals surface area contributed by atoms with Crippen molar-refractivity contribution in [3.8, 4) is 0 Å². The number of aromatic nitrogens is 2. The Kier molecular flexibility index (Phi) is 5.78. The van der Waals surface area contributed by atoms with E-state index in [1.165, 1.54) is 5.69 Å². The maximum absolute atomic E-state index is 11.8. The Labute approximate surface area is 127 Å². The van der Waals surface area contributed by atoms with Gasteiger partial charge in [0, 0.05) is 38.4 Å². The van der Waals surface area contributed by atoms with Gasteiger partial charge in [0.2, 0.25) is 10.0 Å². The molecule has 0 unspecified atom stereocenters. The van der Waals surface area contributed by atoms with E-state index in [4.69, 9.17) is 0 Å². The largest absolute Gasteiger partial charge is 0.308 e. The lowest BCUT2D eigenvalue weighted by molar-refractivity contribution is 0.287. The first kappa shape index (κ1) is 16.5. The van der Waals surface area contributed by atoms with Gasteiger partial charge in [0.15, 0.2) is 0 Å². The molecule has 6 nitrogen and oxygen atoms in total. The Balaban J connectivity index is 1.80. The Bertz CT molecular complexity index is 533. The molecule has 0 amide bonds. The van der Waals surface area contributed by atoms with Crippen LogP contribution < -0.4 is 5.32 Å². The van der Waals surface area contributed by atoms with Crippen LogP contribution in [-0.2, 0) is 23.1 Å². The predicted octanol–water partition coefficient (Wildman–Crippen LogP) is 1.20. The minimum absolute atomic E-state index is 0.196. The number of hydrogen-bond acceptors (Lipinski definition) is 4. The molecule has 2 heterocycles. The fraction of sp³-hybridized carbons (Fsp3) is 0.786. The van der Waals surface area contributed by atoms with Crippen LogP contribution in [0.5, 0.6) is 0 Å². The summed E-state index contributed by atoms with van der Waals surface area (Å²) in [7, 11) is -3.03. The van der Waals surface area contributed by atoms with Crippen LogP contribution >= 0.6 is 0 Å². The van der Waals surface area contributed by atoms with E-state index in [1.807, 2.05) is 16.9 Å². The van der Waals surface area contributed by atoms with E-state index in [9.17, 15) is 8.42 Å². The zero-order chi connectivity index (χ0) is 15.3. The fourth-order valence-corrected chi connectivity index (χ4v) is 3.83. The highest BCUT2D eigenvalue weighted by atomic mass is 32.2. The van der Waals surface area contributed by atoms with Gasteiger partial charge < -0.3 is 5.32 Å². The van der Waals surface area contributed by atoms with Crippen molar-refractivity contribution in [2.45, 2.75) is 52.2 Å². The molecule has 0 aliphatic carbocycles. The van der Waals surface area contributed by atoms with Crippen molar-refractivity contribution < 1.29 is 8.42 Å². The van der Waals surface area contributed by atoms with E-state index in [-0.39, 0.29) is 5.75 Å². The number of aryl methyl sites for hydroxylation is 1. The second kappa shape index (κ2) is 7.38. The number of nitrogens with zero attached hydrogens (tertiary/aromatic N) is 3.